The molecule has 1 aliphatic rings. The molecule has 116 valence electrons. The molecule has 1 aromatic carbocycles. The minimum Gasteiger partial charge on any atom is -0.340 e. The third-order valence-corrected chi connectivity index (χ3v) is 4.48. The second kappa shape index (κ2) is 6.06. The van der Waals surface area contributed by atoms with Gasteiger partial charge in [0.1, 0.15) is 5.82 Å². The summed E-state index contributed by atoms with van der Waals surface area (Å²) >= 11 is 0. The number of aromatic nitrogens is 1. The molecular formula is C16H19N3O2S. The van der Waals surface area contributed by atoms with Crippen LogP contribution in [0.2, 0.25) is 0 Å². The van der Waals surface area contributed by atoms with Crippen molar-refractivity contribution >= 4 is 21.3 Å². The highest BCUT2D eigenvalue weighted by atomic mass is 32.2. The molecule has 2 N–H and O–H groups in total. The second-order valence-electron chi connectivity index (χ2n) is 5.66. The molecule has 1 aliphatic heterocycles. The Kier molecular flexibility index (Phi) is 4.13. The van der Waals surface area contributed by atoms with E-state index in [2.05, 4.69) is 21.7 Å². The molecule has 0 saturated heterocycles. The number of fused-ring (bicyclic) bond motifs is 1. The van der Waals surface area contributed by atoms with E-state index in [4.69, 9.17) is 0 Å². The third-order valence-electron chi connectivity index (χ3n) is 3.62. The van der Waals surface area contributed by atoms with Crippen LogP contribution in [0.15, 0.2) is 36.5 Å². The summed E-state index contributed by atoms with van der Waals surface area (Å²) in [5.41, 5.74) is 4.26. The van der Waals surface area contributed by atoms with E-state index in [1.54, 1.807) is 0 Å². The molecule has 3 rings (SSSR count). The van der Waals surface area contributed by atoms with E-state index in [9.17, 15) is 8.42 Å². The van der Waals surface area contributed by atoms with Gasteiger partial charge in [-0.15, -0.1) is 0 Å². The number of hydrogen-bond donors (Lipinski definition) is 2. The minimum atomic E-state index is -3.00. The van der Waals surface area contributed by atoms with Crippen LogP contribution in [-0.2, 0) is 28.6 Å². The molecule has 0 unspecified atom stereocenters. The van der Waals surface area contributed by atoms with Crippen LogP contribution < -0.4 is 10.6 Å². The summed E-state index contributed by atoms with van der Waals surface area (Å²) in [4.78, 5) is 4.43. The van der Waals surface area contributed by atoms with Crippen molar-refractivity contribution in [3.05, 3.63) is 53.2 Å². The molecule has 0 fully saturated rings. The van der Waals surface area contributed by atoms with Gasteiger partial charge in [-0.1, -0.05) is 12.1 Å². The molecule has 0 amide bonds. The first kappa shape index (κ1) is 15.0. The lowest BCUT2D eigenvalue weighted by Crippen LogP contribution is -2.23. The van der Waals surface area contributed by atoms with Gasteiger partial charge < -0.3 is 10.6 Å². The molecule has 0 aliphatic carbocycles. The van der Waals surface area contributed by atoms with Crippen LogP contribution in [0.4, 0.5) is 11.5 Å². The van der Waals surface area contributed by atoms with Crippen molar-refractivity contribution in [3.8, 4) is 0 Å². The van der Waals surface area contributed by atoms with Crippen LogP contribution in [0, 0.1) is 0 Å². The fourth-order valence-electron chi connectivity index (χ4n) is 2.56. The van der Waals surface area contributed by atoms with Crippen LogP contribution >= 0.6 is 0 Å². The highest BCUT2D eigenvalue weighted by Crippen LogP contribution is 2.20. The molecule has 0 saturated carbocycles. The molecule has 0 atom stereocenters. The van der Waals surface area contributed by atoms with E-state index >= 15 is 0 Å². The van der Waals surface area contributed by atoms with Gasteiger partial charge in [0.2, 0.25) is 0 Å². The Balaban J connectivity index is 1.73. The second-order valence-corrected chi connectivity index (χ2v) is 7.80. The zero-order chi connectivity index (χ0) is 15.6. The summed E-state index contributed by atoms with van der Waals surface area (Å²) in [6.45, 7) is 1.88. The molecule has 2 aromatic rings. The molecule has 0 radical (unpaired) electrons. The van der Waals surface area contributed by atoms with Crippen LogP contribution in [0.1, 0.15) is 16.7 Å². The Bertz CT molecular complexity index is 770. The molecule has 2 heterocycles. The van der Waals surface area contributed by atoms with Gasteiger partial charge in [-0.3, -0.25) is 0 Å². The van der Waals surface area contributed by atoms with Gasteiger partial charge in [0.15, 0.2) is 9.84 Å². The average Bonchev–Trinajstić information content (AvgIpc) is 2.48. The standard InChI is InChI=1S/C16H19N3O2S/c1-22(20,21)11-12-2-4-15(5-3-12)19-16-8-14-9-17-7-6-13(14)10-18-16/h2-5,8,10,17H,6-7,9,11H2,1H3,(H,18,19). The normalized spacial score (nSPS) is 14.4. The lowest BCUT2D eigenvalue weighted by molar-refractivity contribution is 0.601. The molecule has 6 heteroatoms. The maximum Gasteiger partial charge on any atom is 0.151 e. The first-order chi connectivity index (χ1) is 10.5. The van der Waals surface area contributed by atoms with Crippen LogP contribution in [-0.4, -0.2) is 26.2 Å². The van der Waals surface area contributed by atoms with Gasteiger partial charge in [-0.2, -0.15) is 0 Å². The van der Waals surface area contributed by atoms with Crippen molar-refractivity contribution in [2.75, 3.05) is 18.1 Å². The number of sulfone groups is 1. The van der Waals surface area contributed by atoms with Gasteiger partial charge in [-0.05, 0) is 47.9 Å². The maximum absolute atomic E-state index is 11.3. The van der Waals surface area contributed by atoms with Crippen molar-refractivity contribution < 1.29 is 8.42 Å². The van der Waals surface area contributed by atoms with Gasteiger partial charge in [0, 0.05) is 24.7 Å². The van der Waals surface area contributed by atoms with Gasteiger partial charge in [-0.25, -0.2) is 13.4 Å². The number of nitrogens with one attached hydrogen (secondary N) is 2. The lowest BCUT2D eigenvalue weighted by atomic mass is 10.0. The summed E-state index contributed by atoms with van der Waals surface area (Å²) in [7, 11) is -3.00. The van der Waals surface area contributed by atoms with E-state index < -0.39 is 9.84 Å². The van der Waals surface area contributed by atoms with Gasteiger partial charge in [0.05, 0.1) is 5.75 Å². The Hall–Kier alpha value is -1.92. The summed E-state index contributed by atoms with van der Waals surface area (Å²) in [6, 6.07) is 9.46. The zero-order valence-corrected chi connectivity index (χ0v) is 13.3. The maximum atomic E-state index is 11.3. The Morgan fingerprint density at radius 1 is 1.23 bits per heavy atom. The predicted octanol–water partition coefficient (Wildman–Crippen LogP) is 2.02. The smallest absolute Gasteiger partial charge is 0.151 e. The highest BCUT2D eigenvalue weighted by Gasteiger charge is 2.10. The molecule has 0 spiro atoms. The summed E-state index contributed by atoms with van der Waals surface area (Å²) < 4.78 is 22.6. The van der Waals surface area contributed by atoms with Crippen molar-refractivity contribution in [1.29, 1.82) is 0 Å². The van der Waals surface area contributed by atoms with Gasteiger partial charge >= 0.3 is 0 Å². The molecule has 22 heavy (non-hydrogen) atoms. The van der Waals surface area contributed by atoms with Crippen LogP contribution in [0.25, 0.3) is 0 Å². The first-order valence-corrected chi connectivity index (χ1v) is 9.28. The summed E-state index contributed by atoms with van der Waals surface area (Å²) in [5, 5.41) is 6.60. The number of anilines is 2. The fraction of sp³-hybridized carbons (Fsp3) is 0.312. The van der Waals surface area contributed by atoms with Gasteiger partial charge in [0.25, 0.3) is 0 Å². The van der Waals surface area contributed by atoms with Crippen molar-refractivity contribution in [2.45, 2.75) is 18.7 Å². The summed E-state index contributed by atoms with van der Waals surface area (Å²) in [5.74, 6) is 0.870. The number of benzene rings is 1. The van der Waals surface area contributed by atoms with Crippen molar-refractivity contribution in [1.82, 2.24) is 10.3 Å². The number of pyridine rings is 1. The average molecular weight is 317 g/mol. The number of hydrogen-bond acceptors (Lipinski definition) is 5. The topological polar surface area (TPSA) is 71.1 Å². The Labute approximate surface area is 130 Å². The Morgan fingerprint density at radius 3 is 2.73 bits per heavy atom. The highest BCUT2D eigenvalue weighted by molar-refractivity contribution is 7.89. The van der Waals surface area contributed by atoms with E-state index in [1.165, 1.54) is 17.4 Å². The third kappa shape index (κ3) is 3.84. The van der Waals surface area contributed by atoms with Crippen LogP contribution in [0.3, 0.4) is 0 Å². The number of rotatable bonds is 4. The molecule has 5 nitrogen and oxygen atoms in total. The minimum absolute atomic E-state index is 0.0655. The molecule has 1 aromatic heterocycles. The molecular weight excluding hydrogens is 298 g/mol. The van der Waals surface area contributed by atoms with Crippen molar-refractivity contribution in [2.24, 2.45) is 0 Å². The van der Waals surface area contributed by atoms with E-state index in [1.807, 2.05) is 30.5 Å². The zero-order valence-electron chi connectivity index (χ0n) is 12.5. The first-order valence-electron chi connectivity index (χ1n) is 7.22. The molecule has 0 bridgehead atoms. The van der Waals surface area contributed by atoms with Crippen molar-refractivity contribution in [3.63, 3.8) is 0 Å². The number of nitrogens with zero attached hydrogens (tertiary/aromatic N) is 1. The summed E-state index contributed by atoms with van der Waals surface area (Å²) in [6.07, 6.45) is 4.18. The van der Waals surface area contributed by atoms with E-state index in [0.29, 0.717) is 0 Å². The largest absolute Gasteiger partial charge is 0.340 e. The van der Waals surface area contributed by atoms with E-state index in [0.717, 1.165) is 36.6 Å². The quantitative estimate of drug-likeness (QED) is 0.903. The fourth-order valence-corrected chi connectivity index (χ4v) is 3.36. The Morgan fingerprint density at radius 2 is 2.00 bits per heavy atom. The lowest BCUT2D eigenvalue weighted by Gasteiger charge is -2.17. The predicted molar refractivity (Wildman–Crippen MR) is 87.9 cm³/mol. The SMILES string of the molecule is CS(=O)(=O)Cc1ccc(Nc2cc3c(cn2)CCNC3)cc1. The monoisotopic (exact) mass is 317 g/mol. The van der Waals surface area contributed by atoms with E-state index in [-0.39, 0.29) is 5.75 Å². The van der Waals surface area contributed by atoms with Crippen LogP contribution in [0.5, 0.6) is 0 Å².